The van der Waals surface area contributed by atoms with E-state index in [1.807, 2.05) is 31.2 Å². The van der Waals surface area contributed by atoms with E-state index in [0.29, 0.717) is 11.6 Å². The van der Waals surface area contributed by atoms with Crippen LogP contribution in [0.15, 0.2) is 36.5 Å². The molecule has 0 saturated carbocycles. The van der Waals surface area contributed by atoms with Crippen molar-refractivity contribution >= 4 is 16.9 Å². The zero-order valence-electron chi connectivity index (χ0n) is 9.33. The Bertz CT molecular complexity index is 686. The highest BCUT2D eigenvalue weighted by Gasteiger charge is 2.09. The second kappa shape index (κ2) is 3.55. The Morgan fingerprint density at radius 1 is 1.06 bits per heavy atom. The first-order valence-electron chi connectivity index (χ1n) is 5.29. The number of rotatable bonds is 1. The van der Waals surface area contributed by atoms with Crippen LogP contribution in [0.3, 0.4) is 0 Å². The third-order valence-electron chi connectivity index (χ3n) is 2.59. The fourth-order valence-corrected chi connectivity index (χ4v) is 1.77. The van der Waals surface area contributed by atoms with Gasteiger partial charge in [0.25, 0.3) is 0 Å². The molecule has 0 radical (unpaired) electrons. The minimum Gasteiger partial charge on any atom is -0.384 e. The Balaban J connectivity index is 2.30. The van der Waals surface area contributed by atoms with Gasteiger partial charge in [-0.05, 0) is 19.1 Å². The highest BCUT2D eigenvalue weighted by atomic mass is 15.3. The second-order valence-corrected chi connectivity index (χ2v) is 3.79. The number of anilines is 1. The first-order chi connectivity index (χ1) is 8.25. The Labute approximate surface area is 97.9 Å². The van der Waals surface area contributed by atoms with Gasteiger partial charge in [-0.15, -0.1) is 0 Å². The van der Waals surface area contributed by atoms with Gasteiger partial charge in [-0.3, -0.25) is 0 Å². The minimum absolute atomic E-state index is 0.553. The van der Waals surface area contributed by atoms with Gasteiger partial charge in [-0.25, -0.2) is 9.97 Å². The number of hydrogen-bond donors (Lipinski definition) is 1. The van der Waals surface area contributed by atoms with Crippen LogP contribution in [0.2, 0.25) is 0 Å². The Kier molecular flexibility index (Phi) is 2.04. The molecule has 0 saturated heterocycles. The van der Waals surface area contributed by atoms with Crippen molar-refractivity contribution in [2.24, 2.45) is 0 Å². The summed E-state index contributed by atoms with van der Waals surface area (Å²) in [4.78, 5) is 9.03. The van der Waals surface area contributed by atoms with E-state index in [1.165, 1.54) is 0 Å². The van der Waals surface area contributed by atoms with E-state index in [1.54, 1.807) is 16.9 Å². The number of hydrogen-bond acceptors (Lipinski definition) is 4. The minimum atomic E-state index is 0.553. The summed E-state index contributed by atoms with van der Waals surface area (Å²) in [7, 11) is 0. The third-order valence-corrected chi connectivity index (χ3v) is 2.59. The average molecular weight is 225 g/mol. The van der Waals surface area contributed by atoms with Gasteiger partial charge in [0.15, 0.2) is 5.82 Å². The first kappa shape index (κ1) is 9.77. The highest BCUT2D eigenvalue weighted by Crippen LogP contribution is 2.17. The van der Waals surface area contributed by atoms with Gasteiger partial charge in [0, 0.05) is 6.07 Å². The molecule has 3 rings (SSSR count). The molecule has 0 amide bonds. The SMILES string of the molecule is Cc1nc2ccccc2nc1-n1nccc1N. The van der Waals surface area contributed by atoms with E-state index in [-0.39, 0.29) is 0 Å². The second-order valence-electron chi connectivity index (χ2n) is 3.79. The van der Waals surface area contributed by atoms with Gasteiger partial charge in [-0.2, -0.15) is 9.78 Å². The van der Waals surface area contributed by atoms with Crippen molar-refractivity contribution < 1.29 is 0 Å². The van der Waals surface area contributed by atoms with Crippen LogP contribution < -0.4 is 5.73 Å². The molecule has 2 aromatic heterocycles. The Morgan fingerprint density at radius 2 is 1.76 bits per heavy atom. The number of nitrogens with zero attached hydrogens (tertiary/aromatic N) is 4. The molecule has 5 nitrogen and oxygen atoms in total. The molecule has 84 valence electrons. The van der Waals surface area contributed by atoms with Crippen molar-refractivity contribution in [3.8, 4) is 5.82 Å². The molecule has 0 bridgehead atoms. The quantitative estimate of drug-likeness (QED) is 0.684. The number of nitrogen functional groups attached to an aromatic ring is 1. The molecule has 0 unspecified atom stereocenters. The molecule has 0 spiro atoms. The molecule has 0 fully saturated rings. The van der Waals surface area contributed by atoms with Gasteiger partial charge in [0.05, 0.1) is 22.9 Å². The van der Waals surface area contributed by atoms with Crippen molar-refractivity contribution in [2.75, 3.05) is 5.73 Å². The predicted octanol–water partition coefficient (Wildman–Crippen LogP) is 1.71. The number of para-hydroxylation sites is 2. The van der Waals surface area contributed by atoms with Crippen LogP contribution in [-0.4, -0.2) is 19.7 Å². The highest BCUT2D eigenvalue weighted by molar-refractivity contribution is 5.75. The summed E-state index contributed by atoms with van der Waals surface area (Å²) in [6.07, 6.45) is 1.64. The molecule has 1 aromatic carbocycles. The van der Waals surface area contributed by atoms with Crippen molar-refractivity contribution in [2.45, 2.75) is 6.92 Å². The maximum atomic E-state index is 5.82. The van der Waals surface area contributed by atoms with Crippen molar-refractivity contribution in [1.82, 2.24) is 19.7 Å². The molecule has 17 heavy (non-hydrogen) atoms. The van der Waals surface area contributed by atoms with Gasteiger partial charge >= 0.3 is 0 Å². The average Bonchev–Trinajstić information content (AvgIpc) is 2.74. The van der Waals surface area contributed by atoms with Gasteiger partial charge in [0.2, 0.25) is 0 Å². The molecule has 5 heteroatoms. The Hall–Kier alpha value is -2.43. The molecule has 3 aromatic rings. The summed E-state index contributed by atoms with van der Waals surface area (Å²) in [6, 6.07) is 9.47. The van der Waals surface area contributed by atoms with Crippen LogP contribution in [0.4, 0.5) is 5.82 Å². The molecule has 0 aliphatic heterocycles. The number of aryl methyl sites for hydroxylation is 1. The third kappa shape index (κ3) is 1.52. The van der Waals surface area contributed by atoms with E-state index in [4.69, 9.17) is 5.73 Å². The summed E-state index contributed by atoms with van der Waals surface area (Å²) >= 11 is 0. The zero-order chi connectivity index (χ0) is 11.8. The summed E-state index contributed by atoms with van der Waals surface area (Å²) < 4.78 is 1.59. The molecule has 2 N–H and O–H groups in total. The normalized spacial score (nSPS) is 10.9. The van der Waals surface area contributed by atoms with Crippen LogP contribution in [0.25, 0.3) is 16.9 Å². The van der Waals surface area contributed by atoms with Gasteiger partial charge in [0.1, 0.15) is 5.82 Å². The van der Waals surface area contributed by atoms with Crippen LogP contribution >= 0.6 is 0 Å². The van der Waals surface area contributed by atoms with Crippen LogP contribution in [0.5, 0.6) is 0 Å². The zero-order valence-corrected chi connectivity index (χ0v) is 9.33. The first-order valence-corrected chi connectivity index (χ1v) is 5.29. The summed E-state index contributed by atoms with van der Waals surface area (Å²) in [5, 5.41) is 4.14. The maximum absolute atomic E-state index is 5.82. The number of benzene rings is 1. The topological polar surface area (TPSA) is 69.6 Å². The summed E-state index contributed by atoms with van der Waals surface area (Å²) in [6.45, 7) is 1.90. The predicted molar refractivity (Wildman–Crippen MR) is 65.8 cm³/mol. The molecular formula is C12H11N5. The lowest BCUT2D eigenvalue weighted by atomic mass is 10.3. The van der Waals surface area contributed by atoms with Gasteiger partial charge in [-0.1, -0.05) is 12.1 Å². The van der Waals surface area contributed by atoms with E-state index < -0.39 is 0 Å². The lowest BCUT2D eigenvalue weighted by Crippen LogP contribution is -2.07. The Morgan fingerprint density at radius 3 is 2.41 bits per heavy atom. The summed E-state index contributed by atoms with van der Waals surface area (Å²) in [5.41, 5.74) is 8.33. The molecule has 2 heterocycles. The smallest absolute Gasteiger partial charge is 0.177 e. The van der Waals surface area contributed by atoms with E-state index in [0.717, 1.165) is 16.7 Å². The molecule has 0 aliphatic rings. The van der Waals surface area contributed by atoms with Crippen LogP contribution in [-0.2, 0) is 0 Å². The van der Waals surface area contributed by atoms with Crippen LogP contribution in [0, 0.1) is 6.92 Å². The van der Waals surface area contributed by atoms with Crippen molar-refractivity contribution in [3.63, 3.8) is 0 Å². The molecule has 0 atom stereocenters. The van der Waals surface area contributed by atoms with Gasteiger partial charge < -0.3 is 5.73 Å². The standard InChI is InChI=1S/C12H11N5/c1-8-12(17-11(13)6-7-14-17)16-10-5-3-2-4-9(10)15-8/h2-7H,13H2,1H3. The number of aromatic nitrogens is 4. The van der Waals surface area contributed by atoms with Crippen molar-refractivity contribution in [1.29, 1.82) is 0 Å². The lowest BCUT2D eigenvalue weighted by molar-refractivity contribution is 0.843. The fraction of sp³-hybridized carbons (Fsp3) is 0.0833. The fourth-order valence-electron chi connectivity index (χ4n) is 1.77. The molecular weight excluding hydrogens is 214 g/mol. The monoisotopic (exact) mass is 225 g/mol. The van der Waals surface area contributed by atoms with Crippen molar-refractivity contribution in [3.05, 3.63) is 42.2 Å². The number of nitrogens with two attached hydrogens (primary N) is 1. The molecule has 0 aliphatic carbocycles. The van der Waals surface area contributed by atoms with Crippen LogP contribution in [0.1, 0.15) is 5.69 Å². The maximum Gasteiger partial charge on any atom is 0.177 e. The van der Waals surface area contributed by atoms with E-state index >= 15 is 0 Å². The summed E-state index contributed by atoms with van der Waals surface area (Å²) in [5.74, 6) is 1.23. The lowest BCUT2D eigenvalue weighted by Gasteiger charge is -2.07. The van der Waals surface area contributed by atoms with E-state index in [2.05, 4.69) is 15.1 Å². The largest absolute Gasteiger partial charge is 0.384 e. The number of fused-ring (bicyclic) bond motifs is 1. The van der Waals surface area contributed by atoms with E-state index in [9.17, 15) is 0 Å².